The molecule has 0 spiro atoms. The van der Waals surface area contributed by atoms with Crippen molar-refractivity contribution >= 4 is 0 Å². The van der Waals surface area contributed by atoms with Gasteiger partial charge in [-0.25, -0.2) is 0 Å². The maximum absolute atomic E-state index is 4.25. The van der Waals surface area contributed by atoms with E-state index < -0.39 is 0 Å². The van der Waals surface area contributed by atoms with Crippen molar-refractivity contribution < 1.29 is 20.1 Å². The summed E-state index contributed by atoms with van der Waals surface area (Å²) in [5.41, 5.74) is 8.24. The van der Waals surface area contributed by atoms with E-state index in [4.69, 9.17) is 0 Å². The Morgan fingerprint density at radius 2 is 0.932 bits per heavy atom. The molecule has 6 nitrogen and oxygen atoms in total. The van der Waals surface area contributed by atoms with Gasteiger partial charge in [-0.1, -0.05) is 37.1 Å². The average Bonchev–Trinajstić information content (AvgIpc) is 3.89. The second-order valence-electron chi connectivity index (χ2n) is 10.1. The zero-order valence-corrected chi connectivity index (χ0v) is 26.5. The molecule has 3 heterocycles. The summed E-state index contributed by atoms with van der Waals surface area (Å²) in [6.45, 7) is 0. The fourth-order valence-electron chi connectivity index (χ4n) is 4.77. The predicted molar refractivity (Wildman–Crippen MR) is 168 cm³/mol. The van der Waals surface area contributed by atoms with Crippen LogP contribution in [0.2, 0.25) is 0 Å². The minimum Gasteiger partial charge on any atom is -0.266 e. The zero-order valence-electron chi connectivity index (χ0n) is 24.1. The van der Waals surface area contributed by atoms with Crippen molar-refractivity contribution in [2.45, 2.75) is 25.7 Å². The van der Waals surface area contributed by atoms with Gasteiger partial charge in [-0.05, 0) is 59.2 Å². The van der Waals surface area contributed by atoms with Crippen LogP contribution in [0.3, 0.4) is 0 Å². The molecule has 44 heavy (non-hydrogen) atoms. The molecule has 4 aromatic carbocycles. The first-order chi connectivity index (χ1) is 21.3. The first-order valence-electron chi connectivity index (χ1n) is 14.4. The predicted octanol–water partition coefficient (Wildman–Crippen LogP) is 6.90. The molecule has 0 aliphatic rings. The summed E-state index contributed by atoms with van der Waals surface area (Å²) >= 11 is 0. The van der Waals surface area contributed by atoms with E-state index in [2.05, 4.69) is 94.2 Å². The third kappa shape index (κ3) is 8.38. The van der Waals surface area contributed by atoms with Gasteiger partial charge in [0, 0.05) is 37.2 Å². The number of para-hydroxylation sites is 1. The molecule has 0 bridgehead atoms. The molecular formula is C37H31IrN6. The van der Waals surface area contributed by atoms with Gasteiger partial charge in [-0.15, -0.1) is 18.2 Å². The molecule has 0 aliphatic carbocycles. The maximum Gasteiger partial charge on any atom is 3.00 e. The first kappa shape index (κ1) is 30.6. The van der Waals surface area contributed by atoms with E-state index in [1.165, 1.54) is 22.3 Å². The van der Waals surface area contributed by atoms with E-state index in [1.807, 2.05) is 70.4 Å². The molecule has 7 heteroatoms. The largest absolute Gasteiger partial charge is 3.00 e. The van der Waals surface area contributed by atoms with Crippen molar-refractivity contribution in [3.8, 4) is 17.1 Å². The minimum atomic E-state index is 0. The van der Waals surface area contributed by atoms with E-state index in [0.717, 1.165) is 42.7 Å². The van der Waals surface area contributed by atoms with Crippen LogP contribution < -0.4 is 0 Å². The van der Waals surface area contributed by atoms with Crippen LogP contribution >= 0.6 is 0 Å². The summed E-state index contributed by atoms with van der Waals surface area (Å²) < 4.78 is 5.44. The summed E-state index contributed by atoms with van der Waals surface area (Å²) in [5, 5.41) is 12.6. The van der Waals surface area contributed by atoms with Crippen molar-refractivity contribution in [1.29, 1.82) is 0 Å². The normalized spacial score (nSPS) is 10.5. The van der Waals surface area contributed by atoms with Crippen LogP contribution in [0.4, 0.5) is 0 Å². The molecule has 0 atom stereocenters. The number of aromatic nitrogens is 6. The monoisotopic (exact) mass is 752 g/mol. The Kier molecular flexibility index (Phi) is 10.8. The quantitative estimate of drug-likeness (QED) is 0.151. The standard InChI is InChI=1S/C28H24N4.C9H7N2.Ir/c1-4-25(8-6-23-10-14-27(15-11-23)31-20-2-18-29-31)22-26(5-1)9-7-24-12-16-28(17-13-24)32-21-3-19-30-32;1-2-5-9(6-3-1)11-8-4-7-10-11;/h1-5,10-14,16,18-22H,6-9H2;1-5,7-8H;/q-2;-1;+3. The number of hydrogen-bond donors (Lipinski definition) is 0. The van der Waals surface area contributed by atoms with Crippen LogP contribution in [-0.2, 0) is 45.8 Å². The molecule has 0 radical (unpaired) electrons. The third-order valence-corrected chi connectivity index (χ3v) is 7.06. The number of aryl methyl sites for hydroxylation is 4. The molecule has 0 saturated heterocycles. The summed E-state index contributed by atoms with van der Waals surface area (Å²) in [5.74, 6) is 0. The minimum absolute atomic E-state index is 0. The Bertz CT molecular complexity index is 1680. The topological polar surface area (TPSA) is 53.5 Å². The molecule has 218 valence electrons. The van der Waals surface area contributed by atoms with Gasteiger partial charge in [0.1, 0.15) is 0 Å². The average molecular weight is 752 g/mol. The Hall–Kier alpha value is -4.84. The van der Waals surface area contributed by atoms with Gasteiger partial charge in [0.05, 0.1) is 0 Å². The van der Waals surface area contributed by atoms with Crippen molar-refractivity contribution in [3.05, 3.63) is 181 Å². The van der Waals surface area contributed by atoms with E-state index in [9.17, 15) is 0 Å². The van der Waals surface area contributed by atoms with Crippen molar-refractivity contribution in [3.63, 3.8) is 0 Å². The fourth-order valence-corrected chi connectivity index (χ4v) is 4.77. The van der Waals surface area contributed by atoms with Gasteiger partial charge in [0.25, 0.3) is 0 Å². The fraction of sp³-hybridized carbons (Fsp3) is 0.108. The Morgan fingerprint density at radius 3 is 1.32 bits per heavy atom. The summed E-state index contributed by atoms with van der Waals surface area (Å²) in [7, 11) is 0. The molecule has 0 fully saturated rings. The maximum atomic E-state index is 4.25. The van der Waals surface area contributed by atoms with Crippen molar-refractivity contribution in [2.24, 2.45) is 0 Å². The van der Waals surface area contributed by atoms with E-state index in [0.29, 0.717) is 0 Å². The van der Waals surface area contributed by atoms with Crippen molar-refractivity contribution in [1.82, 2.24) is 29.3 Å². The number of nitrogens with zero attached hydrogens (tertiary/aromatic N) is 6. The molecule has 0 N–H and O–H groups in total. The van der Waals surface area contributed by atoms with Gasteiger partial charge in [0.2, 0.25) is 0 Å². The van der Waals surface area contributed by atoms with E-state index in [1.54, 1.807) is 23.3 Å². The smallest absolute Gasteiger partial charge is 0.266 e. The second-order valence-corrected chi connectivity index (χ2v) is 10.1. The molecule has 3 aromatic heterocycles. The summed E-state index contributed by atoms with van der Waals surface area (Å²) in [4.78, 5) is 0. The van der Waals surface area contributed by atoms with Crippen LogP contribution in [0.25, 0.3) is 17.1 Å². The summed E-state index contributed by atoms with van der Waals surface area (Å²) in [6, 6.07) is 44.8. The third-order valence-electron chi connectivity index (χ3n) is 7.06. The Labute approximate surface area is 272 Å². The van der Waals surface area contributed by atoms with Gasteiger partial charge in [-0.2, -0.15) is 87.1 Å². The van der Waals surface area contributed by atoms with Crippen LogP contribution in [-0.4, -0.2) is 29.3 Å². The summed E-state index contributed by atoms with van der Waals surface area (Å²) in [6.07, 6.45) is 15.1. The molecular weight excluding hydrogens is 721 g/mol. The number of rotatable bonds is 9. The number of benzene rings is 4. The van der Waals surface area contributed by atoms with Crippen LogP contribution in [0.15, 0.2) is 140 Å². The Morgan fingerprint density at radius 1 is 0.455 bits per heavy atom. The molecule has 7 aromatic rings. The van der Waals surface area contributed by atoms with Crippen LogP contribution in [0.5, 0.6) is 0 Å². The van der Waals surface area contributed by atoms with Gasteiger partial charge >= 0.3 is 20.1 Å². The molecule has 0 unspecified atom stereocenters. The second kappa shape index (κ2) is 15.6. The number of hydrogen-bond acceptors (Lipinski definition) is 3. The Balaban J connectivity index is 0.000000269. The van der Waals surface area contributed by atoms with E-state index in [-0.39, 0.29) is 20.1 Å². The van der Waals surface area contributed by atoms with Crippen molar-refractivity contribution in [2.75, 3.05) is 0 Å². The molecule has 0 aliphatic heterocycles. The first-order valence-corrected chi connectivity index (χ1v) is 14.4. The van der Waals surface area contributed by atoms with Crippen LogP contribution in [0, 0.1) is 18.2 Å². The zero-order chi connectivity index (χ0) is 29.1. The molecule has 0 amide bonds. The molecule has 0 saturated carbocycles. The molecule has 7 rings (SSSR count). The van der Waals surface area contributed by atoms with E-state index >= 15 is 0 Å². The van der Waals surface area contributed by atoms with Gasteiger partial charge < -0.3 is 0 Å². The van der Waals surface area contributed by atoms with Gasteiger partial charge in [-0.3, -0.25) is 14.0 Å². The SMILES string of the molecule is [Ir+3].[c-]1cc(CCc2cccc(CCc3c[c-]c(-n4cccn4)cc3)c2)ccc1-n1cccn1.[c-]1ccccc1-n1cccn1. The van der Waals surface area contributed by atoms with Gasteiger partial charge in [0.15, 0.2) is 0 Å². The van der Waals surface area contributed by atoms with Crippen LogP contribution in [0.1, 0.15) is 22.3 Å².